The van der Waals surface area contributed by atoms with Crippen LogP contribution < -0.4 is 10.1 Å². The summed E-state index contributed by atoms with van der Waals surface area (Å²) < 4.78 is 20.4. The summed E-state index contributed by atoms with van der Waals surface area (Å²) >= 11 is 10.6. The zero-order valence-corrected chi connectivity index (χ0v) is 25.8. The van der Waals surface area contributed by atoms with E-state index in [1.54, 1.807) is 36.4 Å². The van der Waals surface area contributed by atoms with E-state index in [9.17, 15) is 18.9 Å². The highest BCUT2D eigenvalue weighted by Gasteiger charge is 2.41. The van der Waals surface area contributed by atoms with Crippen LogP contribution in [0, 0.1) is 0 Å². The molecule has 1 heterocycles. The van der Waals surface area contributed by atoms with Crippen molar-refractivity contribution in [3.05, 3.63) is 147 Å². The topological polar surface area (TPSA) is 95.9 Å². The molecule has 7 nitrogen and oxygen atoms in total. The van der Waals surface area contributed by atoms with Gasteiger partial charge in [-0.2, -0.15) is 4.31 Å². The molecule has 2 N–H and O–H groups in total. The lowest BCUT2D eigenvalue weighted by Crippen LogP contribution is -2.45. The first-order chi connectivity index (χ1) is 21.3. The maximum Gasteiger partial charge on any atom is 0.322 e. The third-order valence-corrected chi connectivity index (χ3v) is 9.27. The molecule has 1 fully saturated rings. The zero-order valence-electron chi connectivity index (χ0n) is 23.4. The van der Waals surface area contributed by atoms with Gasteiger partial charge in [-0.05, 0) is 65.6 Å². The second-order valence-corrected chi connectivity index (χ2v) is 12.2. The number of benzene rings is 4. The van der Waals surface area contributed by atoms with Crippen molar-refractivity contribution >= 4 is 59.1 Å². The van der Waals surface area contributed by atoms with Crippen molar-refractivity contribution in [2.24, 2.45) is 0 Å². The standard InChI is InChI=1S/C34H29ClN2O5S2/c35-29-9-5-4-8-27(29)22-42-28-17-15-26(16-18-28)31(38)19-14-23-10-12-25(13-11-23)21-32-36-34(43)37(44(32)41)30(33(39)40)20-24-6-2-1-3-7-24/h1-19,21,30,34,36,43H,20,22H2,(H,39,40)/b19-14+,32-21-/t30-,34-,44?/m0/s1. The molecule has 4 aromatic carbocycles. The van der Waals surface area contributed by atoms with Crippen LogP contribution in [0.15, 0.2) is 114 Å². The maximum absolute atomic E-state index is 13.3. The Morgan fingerprint density at radius 1 is 0.955 bits per heavy atom. The number of nitrogens with one attached hydrogen (secondary N) is 1. The summed E-state index contributed by atoms with van der Waals surface area (Å²) in [5.41, 5.74) is 3.07. The number of hydrogen-bond acceptors (Lipinski definition) is 6. The van der Waals surface area contributed by atoms with Gasteiger partial charge >= 0.3 is 5.97 Å². The van der Waals surface area contributed by atoms with E-state index in [2.05, 4.69) is 17.9 Å². The van der Waals surface area contributed by atoms with E-state index < -0.39 is 28.5 Å². The van der Waals surface area contributed by atoms with E-state index >= 15 is 0 Å². The Kier molecular flexibility index (Phi) is 10.3. The van der Waals surface area contributed by atoms with Gasteiger partial charge in [0.2, 0.25) is 0 Å². The van der Waals surface area contributed by atoms with Crippen LogP contribution in [0.25, 0.3) is 12.2 Å². The van der Waals surface area contributed by atoms with E-state index in [1.165, 1.54) is 10.4 Å². The number of carboxylic acid groups (broad SMARTS) is 1. The second kappa shape index (κ2) is 14.5. The highest BCUT2D eigenvalue weighted by Crippen LogP contribution is 2.27. The molecule has 0 saturated carbocycles. The Morgan fingerprint density at radius 3 is 2.30 bits per heavy atom. The van der Waals surface area contributed by atoms with Gasteiger partial charge in [0.05, 0.1) is 0 Å². The number of hydrogen-bond donors (Lipinski definition) is 3. The van der Waals surface area contributed by atoms with Crippen LogP contribution in [-0.4, -0.2) is 36.9 Å². The number of carbonyl (C=O) groups excluding carboxylic acids is 1. The minimum absolute atomic E-state index is 0.150. The Bertz CT molecular complexity index is 1710. The van der Waals surface area contributed by atoms with Crippen molar-refractivity contribution < 1.29 is 23.6 Å². The summed E-state index contributed by atoms with van der Waals surface area (Å²) in [4.78, 5) is 24.8. The number of allylic oxidation sites excluding steroid dienone is 1. The van der Waals surface area contributed by atoms with E-state index in [1.807, 2.05) is 78.9 Å². The second-order valence-electron chi connectivity index (χ2n) is 9.95. The lowest BCUT2D eigenvalue weighted by Gasteiger charge is -2.24. The van der Waals surface area contributed by atoms with Crippen LogP contribution in [0.5, 0.6) is 5.75 Å². The number of ketones is 1. The van der Waals surface area contributed by atoms with Gasteiger partial charge < -0.3 is 15.2 Å². The van der Waals surface area contributed by atoms with Gasteiger partial charge in [0.1, 0.15) is 39.9 Å². The summed E-state index contributed by atoms with van der Waals surface area (Å²) in [6.45, 7) is 0.329. The highest BCUT2D eigenvalue weighted by molar-refractivity contribution is 7.89. The van der Waals surface area contributed by atoms with Gasteiger partial charge in [0.25, 0.3) is 0 Å². The van der Waals surface area contributed by atoms with Gasteiger partial charge in [-0.25, -0.2) is 4.21 Å². The van der Waals surface area contributed by atoms with E-state index in [0.717, 1.165) is 22.3 Å². The lowest BCUT2D eigenvalue weighted by atomic mass is 10.1. The van der Waals surface area contributed by atoms with Gasteiger partial charge in [0.15, 0.2) is 5.78 Å². The molecule has 0 amide bonds. The molecule has 4 aromatic rings. The third kappa shape index (κ3) is 7.86. The predicted molar refractivity (Wildman–Crippen MR) is 177 cm³/mol. The number of aliphatic carboxylic acids is 1. The minimum atomic E-state index is -1.75. The van der Waals surface area contributed by atoms with Crippen molar-refractivity contribution in [2.75, 3.05) is 0 Å². The fourth-order valence-corrected chi connectivity index (χ4v) is 6.70. The monoisotopic (exact) mass is 644 g/mol. The zero-order chi connectivity index (χ0) is 31.1. The van der Waals surface area contributed by atoms with Crippen molar-refractivity contribution in [3.63, 3.8) is 0 Å². The van der Waals surface area contributed by atoms with Crippen LogP contribution in [0.2, 0.25) is 5.02 Å². The minimum Gasteiger partial charge on any atom is -0.489 e. The predicted octanol–water partition coefficient (Wildman–Crippen LogP) is 6.59. The fraction of sp³-hybridized carbons (Fsp3) is 0.118. The molecular formula is C34H29ClN2O5S2. The molecule has 1 aliphatic heterocycles. The molecule has 1 aliphatic rings. The summed E-state index contributed by atoms with van der Waals surface area (Å²) in [5, 5.41) is 13.9. The Balaban J connectivity index is 1.19. The molecule has 0 aromatic heterocycles. The SMILES string of the molecule is O=C(/C=C/c1ccc(/C=C2/N[C@H](S)N([C@@H](Cc3ccccc3)C(=O)O)S2=O)cc1)c1ccc(OCc2ccccc2Cl)cc1. The summed E-state index contributed by atoms with van der Waals surface area (Å²) in [5.74, 6) is -0.592. The molecule has 1 saturated heterocycles. The molecule has 0 aliphatic carbocycles. The fourth-order valence-electron chi connectivity index (χ4n) is 4.56. The average molecular weight is 645 g/mol. The summed E-state index contributed by atoms with van der Waals surface area (Å²) in [6.07, 6.45) is 5.12. The normalized spacial score (nSPS) is 18.3. The first kappa shape index (κ1) is 31.3. The molecule has 0 radical (unpaired) electrons. The van der Waals surface area contributed by atoms with Crippen LogP contribution in [0.3, 0.4) is 0 Å². The number of carboxylic acids is 1. The van der Waals surface area contributed by atoms with Gasteiger partial charge in [-0.3, -0.25) is 9.59 Å². The molecule has 0 bridgehead atoms. The summed E-state index contributed by atoms with van der Waals surface area (Å²) in [7, 11) is -1.75. The van der Waals surface area contributed by atoms with Crippen LogP contribution in [0.1, 0.15) is 32.6 Å². The molecule has 1 unspecified atom stereocenters. The number of ether oxygens (including phenoxy) is 1. The van der Waals surface area contributed by atoms with E-state index in [-0.39, 0.29) is 12.2 Å². The van der Waals surface area contributed by atoms with E-state index in [0.29, 0.717) is 28.0 Å². The average Bonchev–Trinajstić information content (AvgIpc) is 3.31. The Labute approximate surface area is 268 Å². The van der Waals surface area contributed by atoms with Crippen LogP contribution in [0.4, 0.5) is 0 Å². The largest absolute Gasteiger partial charge is 0.489 e. The Morgan fingerprint density at radius 2 is 1.61 bits per heavy atom. The number of thiol groups is 1. The smallest absolute Gasteiger partial charge is 0.322 e. The lowest BCUT2D eigenvalue weighted by molar-refractivity contribution is -0.141. The number of carbonyl (C=O) groups is 2. The number of halogens is 1. The molecule has 3 atom stereocenters. The van der Waals surface area contributed by atoms with Crippen molar-refractivity contribution in [1.29, 1.82) is 0 Å². The number of rotatable bonds is 11. The first-order valence-electron chi connectivity index (χ1n) is 13.7. The van der Waals surface area contributed by atoms with Crippen LogP contribution >= 0.6 is 24.2 Å². The molecule has 0 spiro atoms. The summed E-state index contributed by atoms with van der Waals surface area (Å²) in [6, 6.07) is 29.9. The molecule has 5 rings (SSSR count). The molecule has 10 heteroatoms. The van der Waals surface area contributed by atoms with Crippen molar-refractivity contribution in [1.82, 2.24) is 9.62 Å². The van der Waals surface area contributed by atoms with E-state index in [4.69, 9.17) is 16.3 Å². The molecule has 44 heavy (non-hydrogen) atoms. The van der Waals surface area contributed by atoms with Crippen molar-refractivity contribution in [2.45, 2.75) is 24.6 Å². The number of nitrogens with zero attached hydrogens (tertiary/aromatic N) is 1. The highest BCUT2D eigenvalue weighted by atomic mass is 35.5. The Hall–Kier alpha value is -4.15. The maximum atomic E-state index is 13.3. The molecular weight excluding hydrogens is 616 g/mol. The van der Waals surface area contributed by atoms with Crippen LogP contribution in [-0.2, 0) is 28.8 Å². The van der Waals surface area contributed by atoms with Crippen molar-refractivity contribution in [3.8, 4) is 5.75 Å². The van der Waals surface area contributed by atoms with Gasteiger partial charge in [-0.15, -0.1) is 12.6 Å². The first-order valence-corrected chi connectivity index (χ1v) is 15.7. The molecule has 224 valence electrons. The van der Waals surface area contributed by atoms with Gasteiger partial charge in [0, 0.05) is 16.1 Å². The third-order valence-electron chi connectivity index (χ3n) is 6.91. The van der Waals surface area contributed by atoms with Gasteiger partial charge in [-0.1, -0.05) is 90.5 Å². The quantitative estimate of drug-likeness (QED) is 0.0969.